The van der Waals surface area contributed by atoms with Gasteiger partial charge in [-0.1, -0.05) is 0 Å². The number of alkyl halides is 1. The van der Waals surface area contributed by atoms with E-state index < -0.39 is 12.8 Å². The molecular weight excluding hydrogens is 281 g/mol. The Kier molecular flexibility index (Phi) is 7.99. The van der Waals surface area contributed by atoms with E-state index in [1.54, 1.807) is 0 Å². The molecule has 3 N–H and O–H groups in total. The van der Waals surface area contributed by atoms with Gasteiger partial charge in [0.15, 0.2) is 0 Å². The van der Waals surface area contributed by atoms with Crippen molar-refractivity contribution in [3.8, 4) is 0 Å². The van der Waals surface area contributed by atoms with Crippen molar-refractivity contribution in [3.63, 3.8) is 0 Å². The second-order valence-corrected chi connectivity index (χ2v) is 4.97. The summed E-state index contributed by atoms with van der Waals surface area (Å²) in [4.78, 5) is 26.7. The van der Waals surface area contributed by atoms with E-state index in [9.17, 15) is 19.1 Å². The van der Waals surface area contributed by atoms with Gasteiger partial charge in [0.25, 0.3) is 5.91 Å². The lowest BCUT2D eigenvalue weighted by molar-refractivity contribution is -0.142. The lowest BCUT2D eigenvalue weighted by atomic mass is 10.1. The maximum Gasteiger partial charge on any atom is 0.317 e. The van der Waals surface area contributed by atoms with Crippen molar-refractivity contribution in [2.75, 3.05) is 46.0 Å². The maximum absolute atomic E-state index is 12.0. The molecule has 1 heterocycles. The summed E-state index contributed by atoms with van der Waals surface area (Å²) < 4.78 is 12.0. The van der Waals surface area contributed by atoms with E-state index in [0.717, 1.165) is 0 Å². The molecule has 0 spiro atoms. The number of urea groups is 1. The predicted molar refractivity (Wildman–Crippen MR) is 74.5 cm³/mol. The van der Waals surface area contributed by atoms with Crippen LogP contribution >= 0.6 is 0 Å². The van der Waals surface area contributed by atoms with E-state index in [1.807, 2.05) is 0 Å². The number of rotatable bonds is 7. The molecule has 1 aliphatic rings. The number of aliphatic hydroxyl groups is 2. The smallest absolute Gasteiger partial charge is 0.317 e. The summed E-state index contributed by atoms with van der Waals surface area (Å²) in [5, 5.41) is 20.9. The van der Waals surface area contributed by atoms with E-state index in [1.165, 1.54) is 9.80 Å². The summed E-state index contributed by atoms with van der Waals surface area (Å²) in [6.45, 7) is 0.887. The van der Waals surface area contributed by atoms with Crippen molar-refractivity contribution in [3.05, 3.63) is 0 Å². The molecule has 0 bridgehead atoms. The van der Waals surface area contributed by atoms with E-state index in [4.69, 9.17) is 5.11 Å². The zero-order chi connectivity index (χ0) is 15.7. The van der Waals surface area contributed by atoms with Crippen LogP contribution < -0.4 is 5.32 Å². The first kappa shape index (κ1) is 17.6. The molecule has 1 saturated heterocycles. The van der Waals surface area contributed by atoms with Crippen LogP contribution in [0.5, 0.6) is 0 Å². The number of hydrogen-bond acceptors (Lipinski definition) is 4. The number of carbonyl (C=O) groups excluding carboxylic acids is 2. The number of piperazine rings is 1. The van der Waals surface area contributed by atoms with Crippen molar-refractivity contribution in [2.45, 2.75) is 25.4 Å². The third-order valence-electron chi connectivity index (χ3n) is 3.42. The van der Waals surface area contributed by atoms with Gasteiger partial charge in [0, 0.05) is 39.3 Å². The van der Waals surface area contributed by atoms with Crippen LogP contribution in [0.3, 0.4) is 0 Å². The summed E-state index contributed by atoms with van der Waals surface area (Å²) in [5.74, 6) is -0.336. The average molecular weight is 305 g/mol. The zero-order valence-corrected chi connectivity index (χ0v) is 12.1. The molecule has 1 fully saturated rings. The van der Waals surface area contributed by atoms with Gasteiger partial charge in [-0.2, -0.15) is 0 Å². The Hall–Kier alpha value is -1.41. The molecule has 122 valence electrons. The number of halogens is 1. The first-order valence-electron chi connectivity index (χ1n) is 7.26. The maximum atomic E-state index is 12.0. The number of carbonyl (C=O) groups is 2. The molecule has 8 heteroatoms. The summed E-state index contributed by atoms with van der Waals surface area (Å²) in [6.07, 6.45) is 0.432. The van der Waals surface area contributed by atoms with E-state index in [0.29, 0.717) is 45.4 Å². The molecule has 1 rings (SSSR count). The Morgan fingerprint density at radius 2 is 1.76 bits per heavy atom. The highest BCUT2D eigenvalue weighted by Gasteiger charge is 2.27. The predicted octanol–water partition coefficient (Wildman–Crippen LogP) is -0.667. The summed E-state index contributed by atoms with van der Waals surface area (Å²) >= 11 is 0. The Balaban J connectivity index is 2.31. The van der Waals surface area contributed by atoms with Crippen LogP contribution in [0, 0.1) is 0 Å². The molecular formula is C13H24FN3O4. The molecule has 0 aromatic carbocycles. The van der Waals surface area contributed by atoms with Gasteiger partial charge >= 0.3 is 6.03 Å². The highest BCUT2D eigenvalue weighted by atomic mass is 19.1. The van der Waals surface area contributed by atoms with Gasteiger partial charge in [-0.25, -0.2) is 9.18 Å². The summed E-state index contributed by atoms with van der Waals surface area (Å²) in [7, 11) is 0. The number of nitrogens with zero attached hydrogens (tertiary/aromatic N) is 2. The Bertz CT molecular complexity index is 335. The first-order valence-corrected chi connectivity index (χ1v) is 7.26. The lowest BCUT2D eigenvalue weighted by Crippen LogP contribution is -2.55. The standard InChI is InChI=1S/C13H24FN3O4/c14-4-5-15-13(21)17-8-6-16(7-9-17)12(20)11(19)3-1-2-10-18/h11,18-19H,1-10H2,(H,15,21). The van der Waals surface area contributed by atoms with Crippen LogP contribution in [-0.4, -0.2) is 84.1 Å². The fourth-order valence-corrected chi connectivity index (χ4v) is 2.18. The normalized spacial score (nSPS) is 16.7. The second kappa shape index (κ2) is 9.51. The molecule has 1 aliphatic heterocycles. The molecule has 7 nitrogen and oxygen atoms in total. The molecule has 1 unspecified atom stereocenters. The minimum atomic E-state index is -1.05. The second-order valence-electron chi connectivity index (χ2n) is 4.97. The molecule has 0 saturated carbocycles. The molecule has 21 heavy (non-hydrogen) atoms. The summed E-state index contributed by atoms with van der Waals surface area (Å²) in [5.41, 5.74) is 0. The zero-order valence-electron chi connectivity index (χ0n) is 12.1. The fraction of sp³-hybridized carbons (Fsp3) is 0.846. The summed E-state index contributed by atoms with van der Waals surface area (Å²) in [6, 6.07) is -0.330. The SMILES string of the molecule is O=C(NCCF)N1CCN(C(=O)C(O)CCCCO)CC1. The Morgan fingerprint density at radius 1 is 1.14 bits per heavy atom. The van der Waals surface area contributed by atoms with Crippen molar-refractivity contribution >= 4 is 11.9 Å². The van der Waals surface area contributed by atoms with Crippen LogP contribution in [0.25, 0.3) is 0 Å². The van der Waals surface area contributed by atoms with Gasteiger partial charge in [0.1, 0.15) is 12.8 Å². The lowest BCUT2D eigenvalue weighted by Gasteiger charge is -2.35. The molecule has 3 amide bonds. The number of aliphatic hydroxyl groups excluding tert-OH is 2. The van der Waals surface area contributed by atoms with Gasteiger partial charge in [-0.15, -0.1) is 0 Å². The molecule has 0 radical (unpaired) electrons. The van der Waals surface area contributed by atoms with Gasteiger partial charge in [0.2, 0.25) is 0 Å². The van der Waals surface area contributed by atoms with Crippen molar-refractivity contribution < 1.29 is 24.2 Å². The molecule has 0 aromatic heterocycles. The highest BCUT2D eigenvalue weighted by molar-refractivity contribution is 5.81. The Morgan fingerprint density at radius 3 is 2.33 bits per heavy atom. The highest BCUT2D eigenvalue weighted by Crippen LogP contribution is 2.08. The number of nitrogens with one attached hydrogen (secondary N) is 1. The number of hydrogen-bond donors (Lipinski definition) is 3. The van der Waals surface area contributed by atoms with E-state index in [2.05, 4.69) is 5.32 Å². The minimum absolute atomic E-state index is 0.0124. The van der Waals surface area contributed by atoms with Crippen LogP contribution in [-0.2, 0) is 4.79 Å². The van der Waals surface area contributed by atoms with Gasteiger partial charge in [0.05, 0.1) is 0 Å². The minimum Gasteiger partial charge on any atom is -0.396 e. The quantitative estimate of drug-likeness (QED) is 0.544. The average Bonchev–Trinajstić information content (AvgIpc) is 2.52. The Labute approximate surface area is 123 Å². The van der Waals surface area contributed by atoms with Gasteiger partial charge in [-0.05, 0) is 19.3 Å². The van der Waals surface area contributed by atoms with Crippen LogP contribution in [0.4, 0.5) is 9.18 Å². The first-order chi connectivity index (χ1) is 10.1. The van der Waals surface area contributed by atoms with Crippen molar-refractivity contribution in [1.29, 1.82) is 0 Å². The van der Waals surface area contributed by atoms with Crippen LogP contribution in [0.1, 0.15) is 19.3 Å². The van der Waals surface area contributed by atoms with Crippen molar-refractivity contribution in [1.82, 2.24) is 15.1 Å². The van der Waals surface area contributed by atoms with E-state index in [-0.39, 0.29) is 25.1 Å². The molecule has 1 atom stereocenters. The van der Waals surface area contributed by atoms with Crippen molar-refractivity contribution in [2.24, 2.45) is 0 Å². The monoisotopic (exact) mass is 305 g/mol. The third-order valence-corrected chi connectivity index (χ3v) is 3.42. The van der Waals surface area contributed by atoms with E-state index >= 15 is 0 Å². The third kappa shape index (κ3) is 5.84. The number of unbranched alkanes of at least 4 members (excludes halogenated alkanes) is 1. The number of amides is 3. The van der Waals surface area contributed by atoms with Crippen LogP contribution in [0.2, 0.25) is 0 Å². The topological polar surface area (TPSA) is 93.1 Å². The molecule has 0 aromatic rings. The molecule has 0 aliphatic carbocycles. The fourth-order valence-electron chi connectivity index (χ4n) is 2.18. The largest absolute Gasteiger partial charge is 0.396 e. The van der Waals surface area contributed by atoms with Crippen LogP contribution in [0.15, 0.2) is 0 Å². The van der Waals surface area contributed by atoms with Gasteiger partial charge in [-0.3, -0.25) is 4.79 Å². The van der Waals surface area contributed by atoms with Gasteiger partial charge < -0.3 is 25.3 Å².